The van der Waals surface area contributed by atoms with Crippen molar-refractivity contribution in [2.75, 3.05) is 0 Å². The highest BCUT2D eigenvalue weighted by molar-refractivity contribution is 5.76. The lowest BCUT2D eigenvalue weighted by atomic mass is 9.95. The third kappa shape index (κ3) is 3.97. The summed E-state index contributed by atoms with van der Waals surface area (Å²) in [7, 11) is 0. The number of aryl methyl sites for hydroxylation is 1. The molecule has 1 heterocycles. The molecule has 3 rings (SSSR count). The number of nitrogens with one attached hydrogen (secondary N) is 1. The molecule has 1 aromatic carbocycles. The summed E-state index contributed by atoms with van der Waals surface area (Å²) in [5.74, 6) is 0.166. The minimum absolute atomic E-state index is 0.166. The number of carbonyl (C=O) groups is 1. The Balaban J connectivity index is 1.49. The van der Waals surface area contributed by atoms with Crippen molar-refractivity contribution in [1.29, 1.82) is 0 Å². The van der Waals surface area contributed by atoms with Crippen LogP contribution in [0.2, 0.25) is 0 Å². The molecule has 4 heteroatoms. The molecule has 2 aromatic rings. The standard InChI is InChI=1S/C18H23N3O/c22-18(20-16-7-3-1-4-8-16)12-11-15-13-19-21(14-15)17-9-5-2-6-10-17/h2,5-6,9-10,13-14,16H,1,3-4,7-8,11-12H2,(H,20,22). The third-order valence-electron chi connectivity index (χ3n) is 4.27. The van der Waals surface area contributed by atoms with E-state index < -0.39 is 0 Å². The van der Waals surface area contributed by atoms with Gasteiger partial charge < -0.3 is 5.32 Å². The van der Waals surface area contributed by atoms with Gasteiger partial charge >= 0.3 is 0 Å². The molecule has 1 aliphatic carbocycles. The number of amides is 1. The van der Waals surface area contributed by atoms with Crippen molar-refractivity contribution < 1.29 is 4.79 Å². The van der Waals surface area contributed by atoms with E-state index >= 15 is 0 Å². The van der Waals surface area contributed by atoms with E-state index in [9.17, 15) is 4.79 Å². The average Bonchev–Trinajstić information content (AvgIpc) is 3.04. The molecule has 1 N–H and O–H groups in total. The fraction of sp³-hybridized carbons (Fsp3) is 0.444. The first-order chi connectivity index (χ1) is 10.8. The van der Waals surface area contributed by atoms with Crippen LogP contribution >= 0.6 is 0 Å². The van der Waals surface area contributed by atoms with Gasteiger partial charge in [0.15, 0.2) is 0 Å². The molecule has 1 fully saturated rings. The minimum atomic E-state index is 0.166. The Kier molecular flexibility index (Phi) is 4.88. The number of benzene rings is 1. The maximum atomic E-state index is 12.0. The summed E-state index contributed by atoms with van der Waals surface area (Å²) < 4.78 is 1.86. The SMILES string of the molecule is O=C(CCc1cnn(-c2ccccc2)c1)NC1CCCCC1. The van der Waals surface area contributed by atoms with Crippen LogP contribution in [0.25, 0.3) is 5.69 Å². The lowest BCUT2D eigenvalue weighted by Gasteiger charge is -2.22. The highest BCUT2D eigenvalue weighted by Crippen LogP contribution is 2.17. The number of hydrogen-bond donors (Lipinski definition) is 1. The molecule has 0 radical (unpaired) electrons. The number of nitrogens with zero attached hydrogens (tertiary/aromatic N) is 2. The fourth-order valence-corrected chi connectivity index (χ4v) is 3.02. The summed E-state index contributed by atoms with van der Waals surface area (Å²) in [5.41, 5.74) is 2.14. The smallest absolute Gasteiger partial charge is 0.220 e. The van der Waals surface area contributed by atoms with Crippen LogP contribution in [0.4, 0.5) is 0 Å². The Hall–Kier alpha value is -2.10. The molecule has 1 saturated carbocycles. The molecule has 1 amide bonds. The zero-order valence-corrected chi connectivity index (χ0v) is 12.9. The highest BCUT2D eigenvalue weighted by atomic mass is 16.1. The molecule has 0 saturated heterocycles. The van der Waals surface area contributed by atoms with E-state index in [2.05, 4.69) is 10.4 Å². The molecule has 1 aliphatic rings. The van der Waals surface area contributed by atoms with Gasteiger partial charge in [0, 0.05) is 18.7 Å². The summed E-state index contributed by atoms with van der Waals surface area (Å²) in [6, 6.07) is 10.4. The van der Waals surface area contributed by atoms with E-state index in [1.807, 2.05) is 47.4 Å². The van der Waals surface area contributed by atoms with Gasteiger partial charge in [0.05, 0.1) is 11.9 Å². The van der Waals surface area contributed by atoms with Gasteiger partial charge in [-0.2, -0.15) is 5.10 Å². The Bertz CT molecular complexity index is 600. The van der Waals surface area contributed by atoms with Crippen LogP contribution < -0.4 is 5.32 Å². The quantitative estimate of drug-likeness (QED) is 0.921. The van der Waals surface area contributed by atoms with Gasteiger partial charge in [-0.25, -0.2) is 4.68 Å². The first-order valence-corrected chi connectivity index (χ1v) is 8.19. The molecule has 0 spiro atoms. The van der Waals surface area contributed by atoms with E-state index in [0.29, 0.717) is 12.5 Å². The van der Waals surface area contributed by atoms with Gasteiger partial charge in [-0.05, 0) is 37.0 Å². The number of rotatable bonds is 5. The molecule has 0 bridgehead atoms. The Labute approximate surface area is 131 Å². The van der Waals surface area contributed by atoms with Gasteiger partial charge in [0.1, 0.15) is 0 Å². The van der Waals surface area contributed by atoms with Crippen molar-refractivity contribution >= 4 is 5.91 Å². The Morgan fingerprint density at radius 1 is 1.18 bits per heavy atom. The van der Waals surface area contributed by atoms with Gasteiger partial charge in [0.2, 0.25) is 5.91 Å². The van der Waals surface area contributed by atoms with Crippen LogP contribution in [-0.2, 0) is 11.2 Å². The molecular weight excluding hydrogens is 274 g/mol. The highest BCUT2D eigenvalue weighted by Gasteiger charge is 2.15. The Morgan fingerprint density at radius 3 is 2.73 bits per heavy atom. The topological polar surface area (TPSA) is 46.9 Å². The summed E-state index contributed by atoms with van der Waals surface area (Å²) in [6.07, 6.45) is 11.2. The predicted octanol–water partition coefficient (Wildman–Crippen LogP) is 3.25. The van der Waals surface area contributed by atoms with Crippen LogP contribution in [-0.4, -0.2) is 21.7 Å². The number of para-hydroxylation sites is 1. The second-order valence-corrected chi connectivity index (χ2v) is 6.03. The number of carbonyl (C=O) groups excluding carboxylic acids is 1. The van der Waals surface area contributed by atoms with Gasteiger partial charge in [-0.1, -0.05) is 37.5 Å². The van der Waals surface area contributed by atoms with Gasteiger partial charge in [-0.3, -0.25) is 4.79 Å². The second kappa shape index (κ2) is 7.25. The normalized spacial score (nSPS) is 15.6. The van der Waals surface area contributed by atoms with E-state index in [1.165, 1.54) is 19.3 Å². The largest absolute Gasteiger partial charge is 0.353 e. The summed E-state index contributed by atoms with van der Waals surface area (Å²) >= 11 is 0. The van der Waals surface area contributed by atoms with Crippen LogP contribution in [0, 0.1) is 0 Å². The fourth-order valence-electron chi connectivity index (χ4n) is 3.02. The monoisotopic (exact) mass is 297 g/mol. The maximum Gasteiger partial charge on any atom is 0.220 e. The third-order valence-corrected chi connectivity index (χ3v) is 4.27. The van der Waals surface area contributed by atoms with Crippen molar-refractivity contribution in [2.24, 2.45) is 0 Å². The first kappa shape index (κ1) is 14.8. The average molecular weight is 297 g/mol. The zero-order valence-electron chi connectivity index (χ0n) is 12.9. The van der Waals surface area contributed by atoms with Gasteiger partial charge in [-0.15, -0.1) is 0 Å². The molecule has 1 aromatic heterocycles. The molecule has 0 unspecified atom stereocenters. The summed E-state index contributed by atoms with van der Waals surface area (Å²) in [6.45, 7) is 0. The predicted molar refractivity (Wildman–Crippen MR) is 86.9 cm³/mol. The summed E-state index contributed by atoms with van der Waals surface area (Å²) in [4.78, 5) is 12.0. The van der Waals surface area contributed by atoms with E-state index in [4.69, 9.17) is 0 Å². The maximum absolute atomic E-state index is 12.0. The first-order valence-electron chi connectivity index (χ1n) is 8.19. The van der Waals surface area contributed by atoms with E-state index in [0.717, 1.165) is 30.5 Å². The zero-order chi connectivity index (χ0) is 15.2. The van der Waals surface area contributed by atoms with Crippen LogP contribution in [0.1, 0.15) is 44.1 Å². The number of aromatic nitrogens is 2. The van der Waals surface area contributed by atoms with E-state index in [1.54, 1.807) is 0 Å². The van der Waals surface area contributed by atoms with Crippen molar-refractivity contribution in [2.45, 2.75) is 51.0 Å². The molecule has 0 aliphatic heterocycles. The van der Waals surface area contributed by atoms with Crippen LogP contribution in [0.3, 0.4) is 0 Å². The molecule has 22 heavy (non-hydrogen) atoms. The second-order valence-electron chi connectivity index (χ2n) is 6.03. The van der Waals surface area contributed by atoms with Crippen molar-refractivity contribution in [3.63, 3.8) is 0 Å². The molecule has 0 atom stereocenters. The molecule has 4 nitrogen and oxygen atoms in total. The molecular formula is C18H23N3O. The van der Waals surface area contributed by atoms with Crippen LogP contribution in [0.15, 0.2) is 42.7 Å². The van der Waals surface area contributed by atoms with E-state index in [-0.39, 0.29) is 5.91 Å². The lowest BCUT2D eigenvalue weighted by Crippen LogP contribution is -2.36. The van der Waals surface area contributed by atoms with Crippen molar-refractivity contribution in [3.8, 4) is 5.69 Å². The number of hydrogen-bond acceptors (Lipinski definition) is 2. The van der Waals surface area contributed by atoms with Crippen LogP contribution in [0.5, 0.6) is 0 Å². The van der Waals surface area contributed by atoms with Gasteiger partial charge in [0.25, 0.3) is 0 Å². The Morgan fingerprint density at radius 2 is 1.95 bits per heavy atom. The molecule has 116 valence electrons. The van der Waals surface area contributed by atoms with Crippen molar-refractivity contribution in [3.05, 3.63) is 48.3 Å². The summed E-state index contributed by atoms with van der Waals surface area (Å²) in [5, 5.41) is 7.53. The minimum Gasteiger partial charge on any atom is -0.353 e. The lowest BCUT2D eigenvalue weighted by molar-refractivity contribution is -0.121. The van der Waals surface area contributed by atoms with Crippen molar-refractivity contribution in [1.82, 2.24) is 15.1 Å².